The van der Waals surface area contributed by atoms with Crippen LogP contribution in [0.15, 0.2) is 18.2 Å². The van der Waals surface area contributed by atoms with E-state index in [0.29, 0.717) is 6.54 Å². The van der Waals surface area contributed by atoms with Crippen LogP contribution in [-0.2, 0) is 11.3 Å². The van der Waals surface area contributed by atoms with Gasteiger partial charge in [-0.25, -0.2) is 0 Å². The van der Waals surface area contributed by atoms with E-state index in [1.807, 2.05) is 25.1 Å². The minimum atomic E-state index is -1.04. The van der Waals surface area contributed by atoms with Gasteiger partial charge in [-0.3, -0.25) is 0 Å². The first kappa shape index (κ1) is 15.3. The largest absolute Gasteiger partial charge is 0.544 e. The molecule has 0 spiro atoms. The SMILES string of the molecule is CCC[NH+](CC(=O)[O-])Cc1cc(OC)ccc1OC. The quantitative estimate of drug-likeness (QED) is 0.673. The van der Waals surface area contributed by atoms with Crippen molar-refractivity contribution in [2.24, 2.45) is 0 Å². The monoisotopic (exact) mass is 267 g/mol. The maximum Gasteiger partial charge on any atom is 0.127 e. The molecular formula is C14H21NO4. The molecule has 0 aliphatic heterocycles. The van der Waals surface area contributed by atoms with Gasteiger partial charge in [0.15, 0.2) is 0 Å². The molecule has 0 bridgehead atoms. The third-order valence-corrected chi connectivity index (χ3v) is 2.93. The van der Waals surface area contributed by atoms with Crippen LogP contribution in [0.1, 0.15) is 18.9 Å². The third kappa shape index (κ3) is 4.79. The summed E-state index contributed by atoms with van der Waals surface area (Å²) in [7, 11) is 3.20. The van der Waals surface area contributed by atoms with Gasteiger partial charge in [0, 0.05) is 0 Å². The van der Waals surface area contributed by atoms with Gasteiger partial charge in [-0.15, -0.1) is 0 Å². The van der Waals surface area contributed by atoms with Gasteiger partial charge >= 0.3 is 0 Å². The average molecular weight is 267 g/mol. The van der Waals surface area contributed by atoms with Crippen molar-refractivity contribution in [1.29, 1.82) is 0 Å². The van der Waals surface area contributed by atoms with Crippen molar-refractivity contribution >= 4 is 5.97 Å². The molecule has 0 radical (unpaired) electrons. The number of hydrogen-bond acceptors (Lipinski definition) is 4. The van der Waals surface area contributed by atoms with Crippen molar-refractivity contribution in [3.8, 4) is 11.5 Å². The number of quaternary nitrogens is 1. The molecule has 19 heavy (non-hydrogen) atoms. The number of hydrogen-bond donors (Lipinski definition) is 1. The van der Waals surface area contributed by atoms with Crippen LogP contribution in [0.2, 0.25) is 0 Å². The Balaban J connectivity index is 2.89. The van der Waals surface area contributed by atoms with E-state index in [9.17, 15) is 9.90 Å². The van der Waals surface area contributed by atoms with Crippen LogP contribution >= 0.6 is 0 Å². The smallest absolute Gasteiger partial charge is 0.127 e. The van der Waals surface area contributed by atoms with Crippen LogP contribution in [0, 0.1) is 0 Å². The van der Waals surface area contributed by atoms with E-state index in [1.54, 1.807) is 14.2 Å². The number of carboxylic acids is 1. The number of aliphatic carboxylic acids is 1. The van der Waals surface area contributed by atoms with Crippen molar-refractivity contribution in [2.75, 3.05) is 27.3 Å². The molecule has 0 saturated heterocycles. The highest BCUT2D eigenvalue weighted by molar-refractivity contribution is 5.65. The van der Waals surface area contributed by atoms with Crippen LogP contribution in [0.5, 0.6) is 11.5 Å². The number of benzene rings is 1. The van der Waals surface area contributed by atoms with E-state index in [-0.39, 0.29) is 6.54 Å². The Morgan fingerprint density at radius 2 is 2.05 bits per heavy atom. The molecule has 0 aromatic heterocycles. The Morgan fingerprint density at radius 1 is 1.32 bits per heavy atom. The van der Waals surface area contributed by atoms with E-state index >= 15 is 0 Å². The van der Waals surface area contributed by atoms with Crippen LogP contribution in [0.4, 0.5) is 0 Å². The highest BCUT2D eigenvalue weighted by Crippen LogP contribution is 2.23. The number of rotatable bonds is 8. The third-order valence-electron chi connectivity index (χ3n) is 2.93. The van der Waals surface area contributed by atoms with Gasteiger partial charge in [0.2, 0.25) is 0 Å². The molecule has 1 atom stereocenters. The number of ether oxygens (including phenoxy) is 2. The summed E-state index contributed by atoms with van der Waals surface area (Å²) in [6.07, 6.45) is 0.912. The standard InChI is InChI=1S/C14H21NO4/c1-4-7-15(10-14(16)17)9-11-8-12(18-2)5-6-13(11)19-3/h5-6,8H,4,7,9-10H2,1-3H3,(H,16,17). The summed E-state index contributed by atoms with van der Waals surface area (Å²) in [5, 5.41) is 10.8. The molecule has 1 N–H and O–H groups in total. The van der Waals surface area contributed by atoms with Crippen molar-refractivity contribution in [3.05, 3.63) is 23.8 Å². The number of methoxy groups -OCH3 is 2. The van der Waals surface area contributed by atoms with Gasteiger partial charge in [-0.2, -0.15) is 0 Å². The normalized spacial score (nSPS) is 11.9. The summed E-state index contributed by atoms with van der Waals surface area (Å²) < 4.78 is 10.5. The lowest BCUT2D eigenvalue weighted by Crippen LogP contribution is -3.12. The fourth-order valence-corrected chi connectivity index (χ4v) is 2.09. The van der Waals surface area contributed by atoms with Crippen LogP contribution in [-0.4, -0.2) is 33.3 Å². The molecule has 0 heterocycles. The lowest BCUT2D eigenvalue weighted by atomic mass is 10.1. The van der Waals surface area contributed by atoms with Crippen molar-refractivity contribution < 1.29 is 24.3 Å². The highest BCUT2D eigenvalue weighted by Gasteiger charge is 2.13. The van der Waals surface area contributed by atoms with Crippen molar-refractivity contribution in [2.45, 2.75) is 19.9 Å². The number of carbonyl (C=O) groups excluding carboxylic acids is 1. The lowest BCUT2D eigenvalue weighted by molar-refractivity contribution is -0.908. The number of carboxylic acid groups (broad SMARTS) is 1. The van der Waals surface area contributed by atoms with Gasteiger partial charge in [0.25, 0.3) is 0 Å². The molecule has 106 valence electrons. The van der Waals surface area contributed by atoms with Gasteiger partial charge in [0.05, 0.1) is 32.3 Å². The molecule has 1 aromatic rings. The van der Waals surface area contributed by atoms with E-state index in [1.165, 1.54) is 0 Å². The molecule has 0 amide bonds. The Hall–Kier alpha value is -1.75. The Labute approximate surface area is 113 Å². The molecule has 5 nitrogen and oxygen atoms in total. The molecule has 1 rings (SSSR count). The van der Waals surface area contributed by atoms with Gasteiger partial charge in [-0.1, -0.05) is 6.92 Å². The second-order valence-electron chi connectivity index (χ2n) is 4.40. The zero-order valence-corrected chi connectivity index (χ0v) is 11.7. The summed E-state index contributed by atoms with van der Waals surface area (Å²) in [6, 6.07) is 5.53. The first-order chi connectivity index (χ1) is 9.10. The molecule has 0 saturated carbocycles. The second kappa shape index (κ2) is 7.63. The minimum Gasteiger partial charge on any atom is -0.544 e. The van der Waals surface area contributed by atoms with E-state index in [4.69, 9.17) is 9.47 Å². The number of nitrogens with one attached hydrogen (secondary N) is 1. The maximum absolute atomic E-state index is 10.8. The first-order valence-electron chi connectivity index (χ1n) is 6.35. The average Bonchev–Trinajstić information content (AvgIpc) is 2.38. The summed E-state index contributed by atoms with van der Waals surface area (Å²) in [4.78, 5) is 11.7. The topological polar surface area (TPSA) is 63.0 Å². The van der Waals surface area contributed by atoms with Crippen molar-refractivity contribution in [3.63, 3.8) is 0 Å². The maximum atomic E-state index is 10.8. The lowest BCUT2D eigenvalue weighted by Gasteiger charge is -2.20. The first-order valence-corrected chi connectivity index (χ1v) is 6.35. The van der Waals surface area contributed by atoms with Gasteiger partial charge in [0.1, 0.15) is 24.6 Å². The van der Waals surface area contributed by atoms with E-state index < -0.39 is 5.97 Å². The Morgan fingerprint density at radius 3 is 2.58 bits per heavy atom. The Bertz CT molecular complexity index is 420. The molecule has 5 heteroatoms. The molecule has 0 aliphatic carbocycles. The zero-order chi connectivity index (χ0) is 14.3. The minimum absolute atomic E-state index is 0.00575. The van der Waals surface area contributed by atoms with E-state index in [2.05, 4.69) is 0 Å². The molecule has 0 aliphatic rings. The predicted molar refractivity (Wildman–Crippen MR) is 69.2 cm³/mol. The molecule has 1 aromatic carbocycles. The molecule has 1 unspecified atom stereocenters. The van der Waals surface area contributed by atoms with E-state index in [0.717, 1.165) is 34.9 Å². The summed E-state index contributed by atoms with van der Waals surface area (Å²) >= 11 is 0. The molecule has 0 fully saturated rings. The van der Waals surface area contributed by atoms with Gasteiger partial charge < -0.3 is 24.3 Å². The van der Waals surface area contributed by atoms with Crippen LogP contribution in [0.3, 0.4) is 0 Å². The fraction of sp³-hybridized carbons (Fsp3) is 0.500. The fourth-order valence-electron chi connectivity index (χ4n) is 2.09. The predicted octanol–water partition coefficient (Wildman–Crippen LogP) is -0.751. The summed E-state index contributed by atoms with van der Waals surface area (Å²) in [6.45, 7) is 3.36. The van der Waals surface area contributed by atoms with Gasteiger partial charge in [-0.05, 0) is 24.6 Å². The summed E-state index contributed by atoms with van der Waals surface area (Å²) in [5.41, 5.74) is 0.937. The highest BCUT2D eigenvalue weighted by atomic mass is 16.5. The van der Waals surface area contributed by atoms with Crippen molar-refractivity contribution in [1.82, 2.24) is 0 Å². The second-order valence-corrected chi connectivity index (χ2v) is 4.40. The number of carbonyl (C=O) groups is 1. The van der Waals surface area contributed by atoms with Crippen LogP contribution < -0.4 is 19.5 Å². The summed E-state index contributed by atoms with van der Waals surface area (Å²) in [5.74, 6) is 0.443. The molecular weight excluding hydrogens is 246 g/mol. The zero-order valence-electron chi connectivity index (χ0n) is 11.7. The van der Waals surface area contributed by atoms with Crippen LogP contribution in [0.25, 0.3) is 0 Å². The Kier molecular flexibility index (Phi) is 6.15.